The zero-order valence-corrected chi connectivity index (χ0v) is 8.20. The average Bonchev–Trinajstić information content (AvgIpc) is 2.51. The fraction of sp³-hybridized carbons (Fsp3) is 0.200. The zero-order valence-electron chi connectivity index (χ0n) is 7.10. The van der Waals surface area contributed by atoms with Crippen LogP contribution in [0.4, 0.5) is 0 Å². The van der Waals surface area contributed by atoms with Gasteiger partial charge in [-0.15, -0.1) is 6.58 Å². The molecule has 2 nitrogen and oxygen atoms in total. The minimum absolute atomic E-state index is 0. The molecule has 1 aromatic rings. The topological polar surface area (TPSA) is 18.5 Å². The fourth-order valence-electron chi connectivity index (χ4n) is 1.23. The molecule has 0 atom stereocenters. The van der Waals surface area contributed by atoms with Gasteiger partial charge >= 0.3 is 0 Å². The monoisotopic (exact) mass is 218 g/mol. The van der Waals surface area contributed by atoms with Gasteiger partial charge in [0.05, 0.1) is 0 Å². The van der Waals surface area contributed by atoms with E-state index < -0.39 is 0 Å². The summed E-state index contributed by atoms with van der Waals surface area (Å²) in [6, 6.07) is 5.94. The van der Waals surface area contributed by atoms with Crippen LogP contribution in [0.3, 0.4) is 0 Å². The van der Waals surface area contributed by atoms with E-state index >= 15 is 0 Å². The number of fused-ring (bicyclic) bond motifs is 1. The predicted molar refractivity (Wildman–Crippen MR) is 46.5 cm³/mol. The molecule has 13 heavy (non-hydrogen) atoms. The van der Waals surface area contributed by atoms with E-state index in [4.69, 9.17) is 9.47 Å². The molecule has 1 aliphatic heterocycles. The van der Waals surface area contributed by atoms with E-state index in [-0.39, 0.29) is 17.1 Å². The average molecular weight is 218 g/mol. The van der Waals surface area contributed by atoms with Gasteiger partial charge in [0.15, 0.2) is 11.5 Å². The Hall–Kier alpha value is -0.921. The maximum atomic E-state index is 5.23. The standard InChI is InChI=1S/C10H10O2.Fe/c1-2-3-8-4-5-9-10(6-8)12-7-11-9;/h2,4-6H,1,3,7H2;. The molecule has 3 heteroatoms. The van der Waals surface area contributed by atoms with E-state index in [2.05, 4.69) is 6.58 Å². The molecule has 0 saturated carbocycles. The van der Waals surface area contributed by atoms with Gasteiger partial charge in [0.25, 0.3) is 0 Å². The van der Waals surface area contributed by atoms with Gasteiger partial charge in [-0.25, -0.2) is 0 Å². The van der Waals surface area contributed by atoms with Gasteiger partial charge < -0.3 is 9.47 Å². The Bertz CT molecular complexity index is 310. The number of ether oxygens (including phenoxy) is 2. The summed E-state index contributed by atoms with van der Waals surface area (Å²) >= 11 is 0. The molecule has 0 amide bonds. The van der Waals surface area contributed by atoms with E-state index in [1.54, 1.807) is 0 Å². The fourth-order valence-corrected chi connectivity index (χ4v) is 1.23. The van der Waals surface area contributed by atoms with E-state index in [9.17, 15) is 0 Å². The van der Waals surface area contributed by atoms with Crippen molar-refractivity contribution in [3.63, 3.8) is 0 Å². The summed E-state index contributed by atoms with van der Waals surface area (Å²) in [5.74, 6) is 1.68. The Morgan fingerprint density at radius 1 is 1.31 bits per heavy atom. The molecule has 0 bridgehead atoms. The van der Waals surface area contributed by atoms with Crippen LogP contribution in [0, 0.1) is 0 Å². The van der Waals surface area contributed by atoms with E-state index in [1.807, 2.05) is 24.3 Å². The molecule has 1 aromatic carbocycles. The van der Waals surface area contributed by atoms with Gasteiger partial charge in [-0.1, -0.05) is 12.1 Å². The van der Waals surface area contributed by atoms with Crippen molar-refractivity contribution in [2.24, 2.45) is 0 Å². The maximum absolute atomic E-state index is 5.23. The van der Waals surface area contributed by atoms with Gasteiger partial charge in [-0.3, -0.25) is 0 Å². The van der Waals surface area contributed by atoms with Gasteiger partial charge in [0.1, 0.15) is 0 Å². The second-order valence-electron chi connectivity index (χ2n) is 2.68. The molecule has 0 aliphatic carbocycles. The molecular weight excluding hydrogens is 208 g/mol. The van der Waals surface area contributed by atoms with Crippen LogP contribution in [-0.4, -0.2) is 6.79 Å². The van der Waals surface area contributed by atoms with Gasteiger partial charge in [0.2, 0.25) is 6.79 Å². The van der Waals surface area contributed by atoms with Crippen molar-refractivity contribution < 1.29 is 26.5 Å². The molecule has 0 aromatic heterocycles. The van der Waals surface area contributed by atoms with Crippen LogP contribution in [0.2, 0.25) is 0 Å². The first kappa shape index (κ1) is 10.2. The van der Waals surface area contributed by atoms with Gasteiger partial charge in [0, 0.05) is 17.1 Å². The Kier molecular flexibility index (Phi) is 3.40. The summed E-state index contributed by atoms with van der Waals surface area (Å²) in [5.41, 5.74) is 1.20. The largest absolute Gasteiger partial charge is 0.454 e. The van der Waals surface area contributed by atoms with Crippen LogP contribution in [0.5, 0.6) is 11.5 Å². The summed E-state index contributed by atoms with van der Waals surface area (Å²) < 4.78 is 10.4. The van der Waals surface area contributed by atoms with Crippen LogP contribution in [0.25, 0.3) is 0 Å². The van der Waals surface area contributed by atoms with Crippen molar-refractivity contribution in [1.29, 1.82) is 0 Å². The Labute approximate surface area is 88.0 Å². The van der Waals surface area contributed by atoms with Gasteiger partial charge in [-0.2, -0.15) is 0 Å². The number of hydrogen-bond donors (Lipinski definition) is 0. The minimum atomic E-state index is 0. The molecular formula is C10H10FeO2. The molecule has 0 N–H and O–H groups in total. The Morgan fingerprint density at radius 2 is 2.08 bits per heavy atom. The summed E-state index contributed by atoms with van der Waals surface area (Å²) in [7, 11) is 0. The van der Waals surface area contributed by atoms with Crippen LogP contribution < -0.4 is 9.47 Å². The molecule has 0 spiro atoms. The van der Waals surface area contributed by atoms with Crippen LogP contribution >= 0.6 is 0 Å². The normalized spacial score (nSPS) is 12.0. The summed E-state index contributed by atoms with van der Waals surface area (Å²) in [6.07, 6.45) is 2.74. The predicted octanol–water partition coefficient (Wildman–Crippen LogP) is 2.14. The number of allylic oxidation sites excluding steroid dienone is 1. The van der Waals surface area contributed by atoms with Crippen LogP contribution in [-0.2, 0) is 23.5 Å². The van der Waals surface area contributed by atoms with Crippen molar-refractivity contribution in [3.8, 4) is 11.5 Å². The molecule has 2 rings (SSSR count). The Balaban J connectivity index is 0.000000845. The van der Waals surface area contributed by atoms with Crippen LogP contribution in [0.15, 0.2) is 30.9 Å². The van der Waals surface area contributed by atoms with Crippen molar-refractivity contribution in [2.45, 2.75) is 6.42 Å². The molecule has 70 valence electrons. The van der Waals surface area contributed by atoms with E-state index in [1.165, 1.54) is 5.56 Å². The first-order valence-electron chi connectivity index (χ1n) is 3.89. The van der Waals surface area contributed by atoms with E-state index in [0.717, 1.165) is 17.9 Å². The number of hydrogen-bond acceptors (Lipinski definition) is 2. The number of benzene rings is 1. The van der Waals surface area contributed by atoms with Crippen LogP contribution in [0.1, 0.15) is 5.56 Å². The van der Waals surface area contributed by atoms with Crippen molar-refractivity contribution >= 4 is 0 Å². The molecule has 1 aliphatic rings. The third-order valence-corrected chi connectivity index (χ3v) is 1.82. The number of rotatable bonds is 2. The molecule has 1 heterocycles. The molecule has 0 fully saturated rings. The van der Waals surface area contributed by atoms with Crippen molar-refractivity contribution in [1.82, 2.24) is 0 Å². The van der Waals surface area contributed by atoms with Gasteiger partial charge in [-0.05, 0) is 24.1 Å². The summed E-state index contributed by atoms with van der Waals surface area (Å²) in [4.78, 5) is 0. The smallest absolute Gasteiger partial charge is 0.231 e. The maximum Gasteiger partial charge on any atom is 0.231 e. The first-order chi connectivity index (χ1) is 5.90. The minimum Gasteiger partial charge on any atom is -0.454 e. The zero-order chi connectivity index (χ0) is 8.39. The summed E-state index contributed by atoms with van der Waals surface area (Å²) in [6.45, 7) is 4.02. The van der Waals surface area contributed by atoms with E-state index in [0.29, 0.717) is 6.79 Å². The molecule has 0 radical (unpaired) electrons. The van der Waals surface area contributed by atoms with Crippen molar-refractivity contribution in [2.75, 3.05) is 6.79 Å². The second kappa shape index (κ2) is 4.35. The second-order valence-corrected chi connectivity index (χ2v) is 2.68. The quantitative estimate of drug-likeness (QED) is 0.559. The Morgan fingerprint density at radius 3 is 2.85 bits per heavy atom. The van der Waals surface area contributed by atoms with Crippen molar-refractivity contribution in [3.05, 3.63) is 36.4 Å². The SMILES string of the molecule is C=CCc1ccc2c(c1)OCO2.[Fe]. The third kappa shape index (κ3) is 2.06. The molecule has 0 saturated heterocycles. The molecule has 0 unspecified atom stereocenters. The third-order valence-electron chi connectivity index (χ3n) is 1.82. The summed E-state index contributed by atoms with van der Waals surface area (Å²) in [5, 5.41) is 0. The first-order valence-corrected chi connectivity index (χ1v) is 3.89.